The molecule has 3 atom stereocenters. The summed E-state index contributed by atoms with van der Waals surface area (Å²) in [5.74, 6) is 0.440. The van der Waals surface area contributed by atoms with Crippen LogP contribution in [0, 0.1) is 5.92 Å². The van der Waals surface area contributed by atoms with Gasteiger partial charge in [-0.3, -0.25) is 4.79 Å². The Labute approximate surface area is 145 Å². The van der Waals surface area contributed by atoms with Crippen LogP contribution in [0.3, 0.4) is 0 Å². The third-order valence-electron chi connectivity index (χ3n) is 5.11. The molecule has 1 amide bonds. The van der Waals surface area contributed by atoms with Gasteiger partial charge >= 0.3 is 0 Å². The molecule has 3 rings (SSSR count). The molecule has 1 heterocycles. The van der Waals surface area contributed by atoms with Crippen LogP contribution in [0.5, 0.6) is 0 Å². The minimum absolute atomic E-state index is 0. The molecule has 128 valence electrons. The summed E-state index contributed by atoms with van der Waals surface area (Å²) in [4.78, 5) is 17.5. The van der Waals surface area contributed by atoms with Crippen molar-refractivity contribution in [3.8, 4) is 0 Å². The predicted molar refractivity (Wildman–Crippen MR) is 95.6 cm³/mol. The molecule has 0 bridgehead atoms. The zero-order valence-electron chi connectivity index (χ0n) is 13.9. The maximum Gasteiger partial charge on any atom is 0.226 e. The Hall–Kier alpha value is -1.10. The quantitative estimate of drug-likeness (QED) is 0.901. The molecule has 0 aromatic heterocycles. The monoisotopic (exact) mass is 337 g/mol. The molecule has 5 heteroatoms. The Kier molecular flexibility index (Phi) is 6.45. The standard InChI is InChI=1S/C18H27N3O.ClH/c1-20-10-11-21(17(13-20)14-6-3-2-4-7-14)18(22)15-8-5-9-16(19)12-15;/h2-4,6-7,15-17H,5,8-13,19H2,1H3;1H. The molecule has 3 unspecified atom stereocenters. The van der Waals surface area contributed by atoms with Gasteiger partial charge in [0.25, 0.3) is 0 Å². The summed E-state index contributed by atoms with van der Waals surface area (Å²) >= 11 is 0. The second-order valence-corrected chi connectivity index (χ2v) is 6.84. The highest BCUT2D eigenvalue weighted by Gasteiger charge is 2.35. The highest BCUT2D eigenvalue weighted by atomic mass is 35.5. The van der Waals surface area contributed by atoms with Crippen LogP contribution >= 0.6 is 12.4 Å². The molecule has 4 nitrogen and oxygen atoms in total. The Morgan fingerprint density at radius 3 is 2.61 bits per heavy atom. The highest BCUT2D eigenvalue weighted by Crippen LogP contribution is 2.31. The second kappa shape index (κ2) is 8.13. The largest absolute Gasteiger partial charge is 0.333 e. The number of likely N-dealkylation sites (N-methyl/N-ethyl adjacent to an activating group) is 1. The third-order valence-corrected chi connectivity index (χ3v) is 5.11. The van der Waals surface area contributed by atoms with Gasteiger partial charge in [-0.2, -0.15) is 0 Å². The lowest BCUT2D eigenvalue weighted by molar-refractivity contribution is -0.141. The molecule has 0 radical (unpaired) electrons. The number of hydrogen-bond acceptors (Lipinski definition) is 3. The fraction of sp³-hybridized carbons (Fsp3) is 0.611. The van der Waals surface area contributed by atoms with Gasteiger partial charge in [-0.1, -0.05) is 36.8 Å². The number of nitrogens with zero attached hydrogens (tertiary/aromatic N) is 2. The summed E-state index contributed by atoms with van der Waals surface area (Å²) in [6.07, 6.45) is 4.00. The average Bonchev–Trinajstić information content (AvgIpc) is 2.55. The minimum Gasteiger partial charge on any atom is -0.333 e. The van der Waals surface area contributed by atoms with E-state index < -0.39 is 0 Å². The van der Waals surface area contributed by atoms with Crippen molar-refractivity contribution in [2.24, 2.45) is 11.7 Å². The van der Waals surface area contributed by atoms with Gasteiger partial charge in [-0.15, -0.1) is 12.4 Å². The number of nitrogens with two attached hydrogens (primary N) is 1. The number of rotatable bonds is 2. The summed E-state index contributed by atoms with van der Waals surface area (Å²) in [5, 5.41) is 0. The van der Waals surface area contributed by atoms with Crippen molar-refractivity contribution in [1.29, 1.82) is 0 Å². The second-order valence-electron chi connectivity index (χ2n) is 6.84. The Bertz CT molecular complexity index is 510. The lowest BCUT2D eigenvalue weighted by Gasteiger charge is -2.42. The van der Waals surface area contributed by atoms with E-state index in [1.807, 2.05) is 6.07 Å². The SMILES string of the molecule is CN1CCN(C(=O)C2CCCC(N)C2)C(c2ccccc2)C1.Cl. The third kappa shape index (κ3) is 4.25. The average molecular weight is 338 g/mol. The van der Waals surface area contributed by atoms with Crippen LogP contribution in [0.25, 0.3) is 0 Å². The van der Waals surface area contributed by atoms with Crippen LogP contribution in [-0.2, 0) is 4.79 Å². The van der Waals surface area contributed by atoms with Crippen LogP contribution in [0.15, 0.2) is 30.3 Å². The van der Waals surface area contributed by atoms with Gasteiger partial charge in [0.2, 0.25) is 5.91 Å². The van der Waals surface area contributed by atoms with Crippen LogP contribution in [-0.4, -0.2) is 48.4 Å². The Morgan fingerprint density at radius 2 is 1.91 bits per heavy atom. The first-order chi connectivity index (χ1) is 10.6. The molecule has 2 aliphatic rings. The van der Waals surface area contributed by atoms with Crippen molar-refractivity contribution < 1.29 is 4.79 Å². The minimum atomic E-state index is 0. The van der Waals surface area contributed by atoms with Crippen molar-refractivity contribution in [2.75, 3.05) is 26.7 Å². The Morgan fingerprint density at radius 1 is 1.17 bits per heavy atom. The van der Waals surface area contributed by atoms with E-state index in [9.17, 15) is 4.79 Å². The van der Waals surface area contributed by atoms with Crippen LogP contribution in [0.4, 0.5) is 0 Å². The zero-order valence-corrected chi connectivity index (χ0v) is 14.7. The van der Waals surface area contributed by atoms with Gasteiger partial charge in [-0.05, 0) is 31.9 Å². The van der Waals surface area contributed by atoms with E-state index >= 15 is 0 Å². The fourth-order valence-corrected chi connectivity index (χ4v) is 3.83. The van der Waals surface area contributed by atoms with E-state index in [0.717, 1.165) is 45.3 Å². The normalized spacial score (nSPS) is 29.0. The molecular weight excluding hydrogens is 310 g/mol. The van der Waals surface area contributed by atoms with Crippen molar-refractivity contribution in [3.05, 3.63) is 35.9 Å². The van der Waals surface area contributed by atoms with Crippen molar-refractivity contribution in [1.82, 2.24) is 9.80 Å². The van der Waals surface area contributed by atoms with E-state index in [4.69, 9.17) is 5.73 Å². The molecule has 1 aromatic carbocycles. The maximum atomic E-state index is 13.0. The molecular formula is C18H28ClN3O. The van der Waals surface area contributed by atoms with E-state index in [-0.39, 0.29) is 30.4 Å². The van der Waals surface area contributed by atoms with Crippen LogP contribution in [0.2, 0.25) is 0 Å². The zero-order chi connectivity index (χ0) is 15.5. The molecule has 1 saturated heterocycles. The summed E-state index contributed by atoms with van der Waals surface area (Å²) in [6.45, 7) is 2.68. The number of benzene rings is 1. The molecule has 23 heavy (non-hydrogen) atoms. The summed E-state index contributed by atoms with van der Waals surface area (Å²) < 4.78 is 0. The Balaban J connectivity index is 0.00000192. The molecule has 1 saturated carbocycles. The fourth-order valence-electron chi connectivity index (χ4n) is 3.83. The van der Waals surface area contributed by atoms with Gasteiger partial charge < -0.3 is 15.5 Å². The van der Waals surface area contributed by atoms with E-state index in [2.05, 4.69) is 41.1 Å². The molecule has 1 aliphatic heterocycles. The maximum absolute atomic E-state index is 13.0. The van der Waals surface area contributed by atoms with E-state index in [1.165, 1.54) is 5.56 Å². The van der Waals surface area contributed by atoms with Crippen LogP contribution < -0.4 is 5.73 Å². The van der Waals surface area contributed by atoms with Gasteiger partial charge in [-0.25, -0.2) is 0 Å². The lowest BCUT2D eigenvalue weighted by atomic mass is 9.84. The van der Waals surface area contributed by atoms with Crippen LogP contribution in [0.1, 0.15) is 37.3 Å². The predicted octanol–water partition coefficient (Wildman–Crippen LogP) is 2.44. The molecule has 2 fully saturated rings. The number of piperazine rings is 1. The van der Waals surface area contributed by atoms with Crippen molar-refractivity contribution >= 4 is 18.3 Å². The van der Waals surface area contributed by atoms with Crippen molar-refractivity contribution in [3.63, 3.8) is 0 Å². The molecule has 0 spiro atoms. The number of amides is 1. The summed E-state index contributed by atoms with van der Waals surface area (Å²) in [5.41, 5.74) is 7.32. The van der Waals surface area contributed by atoms with Gasteiger partial charge in [0.1, 0.15) is 0 Å². The molecule has 2 N–H and O–H groups in total. The first-order valence-electron chi connectivity index (χ1n) is 8.44. The first-order valence-corrected chi connectivity index (χ1v) is 8.44. The first kappa shape index (κ1) is 18.2. The molecule has 1 aromatic rings. The van der Waals surface area contributed by atoms with E-state index in [1.54, 1.807) is 0 Å². The number of hydrogen-bond donors (Lipinski definition) is 1. The lowest BCUT2D eigenvalue weighted by Crippen LogP contribution is -2.51. The summed E-state index contributed by atoms with van der Waals surface area (Å²) in [6, 6.07) is 10.8. The molecule has 1 aliphatic carbocycles. The number of carbonyl (C=O) groups is 1. The number of halogens is 1. The smallest absolute Gasteiger partial charge is 0.226 e. The van der Waals surface area contributed by atoms with Crippen molar-refractivity contribution in [2.45, 2.75) is 37.8 Å². The number of carbonyl (C=O) groups excluding carboxylic acids is 1. The highest BCUT2D eigenvalue weighted by molar-refractivity contribution is 5.85. The summed E-state index contributed by atoms with van der Waals surface area (Å²) in [7, 11) is 2.13. The van der Waals surface area contributed by atoms with Gasteiger partial charge in [0.15, 0.2) is 0 Å². The van der Waals surface area contributed by atoms with E-state index in [0.29, 0.717) is 5.91 Å². The van der Waals surface area contributed by atoms with Gasteiger partial charge in [0, 0.05) is 31.6 Å². The van der Waals surface area contributed by atoms with Gasteiger partial charge in [0.05, 0.1) is 6.04 Å². The topological polar surface area (TPSA) is 49.6 Å².